The SMILES string of the molecule is NCC1c2c[nH]cc2CCC12CC2. The predicted molar refractivity (Wildman–Crippen MR) is 52.6 cm³/mol. The van der Waals surface area contributed by atoms with Crippen LogP contribution in [0.15, 0.2) is 12.4 Å². The highest BCUT2D eigenvalue weighted by Gasteiger charge is 2.51. The Morgan fingerprint density at radius 1 is 1.38 bits per heavy atom. The third-order valence-corrected chi connectivity index (χ3v) is 4.00. The average Bonchev–Trinajstić information content (AvgIpc) is 2.76. The molecule has 1 unspecified atom stereocenters. The lowest BCUT2D eigenvalue weighted by atomic mass is 9.74. The van der Waals surface area contributed by atoms with Gasteiger partial charge in [0.25, 0.3) is 0 Å². The van der Waals surface area contributed by atoms with Gasteiger partial charge >= 0.3 is 0 Å². The molecule has 1 saturated carbocycles. The number of rotatable bonds is 1. The van der Waals surface area contributed by atoms with Crippen molar-refractivity contribution in [1.82, 2.24) is 4.98 Å². The van der Waals surface area contributed by atoms with Crippen LogP contribution >= 0.6 is 0 Å². The van der Waals surface area contributed by atoms with Crippen LogP contribution in [0.25, 0.3) is 0 Å². The maximum absolute atomic E-state index is 5.88. The van der Waals surface area contributed by atoms with Gasteiger partial charge in [0.05, 0.1) is 0 Å². The summed E-state index contributed by atoms with van der Waals surface area (Å²) in [5.41, 5.74) is 9.51. The normalized spacial score (nSPS) is 28.8. The van der Waals surface area contributed by atoms with Crippen LogP contribution in [0, 0.1) is 5.41 Å². The lowest BCUT2D eigenvalue weighted by molar-refractivity contribution is 0.354. The van der Waals surface area contributed by atoms with Crippen LogP contribution in [0.1, 0.15) is 36.3 Å². The monoisotopic (exact) mass is 176 g/mol. The van der Waals surface area contributed by atoms with Gasteiger partial charge in [-0.2, -0.15) is 0 Å². The predicted octanol–water partition coefficient (Wildman–Crippen LogP) is 1.78. The Kier molecular flexibility index (Phi) is 1.40. The third-order valence-electron chi connectivity index (χ3n) is 4.00. The smallest absolute Gasteiger partial charge is 0.00437 e. The second kappa shape index (κ2) is 2.38. The van der Waals surface area contributed by atoms with Gasteiger partial charge in [0, 0.05) is 18.3 Å². The van der Waals surface area contributed by atoms with E-state index in [4.69, 9.17) is 5.73 Å². The molecule has 2 heteroatoms. The molecule has 1 heterocycles. The number of hydrogen-bond acceptors (Lipinski definition) is 1. The Hall–Kier alpha value is -0.760. The van der Waals surface area contributed by atoms with Crippen LogP contribution in [-0.4, -0.2) is 11.5 Å². The van der Waals surface area contributed by atoms with Crippen molar-refractivity contribution in [1.29, 1.82) is 0 Å². The van der Waals surface area contributed by atoms with Crippen molar-refractivity contribution in [3.8, 4) is 0 Å². The minimum atomic E-state index is 0.615. The fourth-order valence-corrected chi connectivity index (χ4v) is 2.97. The summed E-state index contributed by atoms with van der Waals surface area (Å²) in [7, 11) is 0. The molecule has 1 atom stereocenters. The lowest BCUT2D eigenvalue weighted by Gasteiger charge is -2.31. The average molecular weight is 176 g/mol. The highest BCUT2D eigenvalue weighted by Crippen LogP contribution is 2.61. The van der Waals surface area contributed by atoms with Crippen molar-refractivity contribution in [2.45, 2.75) is 31.6 Å². The minimum Gasteiger partial charge on any atom is -0.367 e. The standard InChI is InChI=1S/C11H16N2/c12-5-10-9-7-13-6-8(9)1-2-11(10)3-4-11/h6-7,10,13H,1-5,12H2. The van der Waals surface area contributed by atoms with E-state index >= 15 is 0 Å². The topological polar surface area (TPSA) is 41.8 Å². The van der Waals surface area contributed by atoms with E-state index in [0.29, 0.717) is 11.3 Å². The summed E-state index contributed by atoms with van der Waals surface area (Å²) in [4.78, 5) is 3.21. The van der Waals surface area contributed by atoms with Crippen molar-refractivity contribution < 1.29 is 0 Å². The van der Waals surface area contributed by atoms with E-state index in [-0.39, 0.29) is 0 Å². The first-order valence-corrected chi connectivity index (χ1v) is 5.21. The molecule has 3 rings (SSSR count). The maximum atomic E-state index is 5.88. The van der Waals surface area contributed by atoms with Crippen molar-refractivity contribution >= 4 is 0 Å². The Labute approximate surface area is 78.5 Å². The van der Waals surface area contributed by atoms with Crippen LogP contribution in [-0.2, 0) is 6.42 Å². The second-order valence-electron chi connectivity index (χ2n) is 4.59. The molecule has 0 bridgehead atoms. The first-order valence-electron chi connectivity index (χ1n) is 5.21. The zero-order valence-corrected chi connectivity index (χ0v) is 7.84. The van der Waals surface area contributed by atoms with E-state index < -0.39 is 0 Å². The summed E-state index contributed by atoms with van der Waals surface area (Å²) in [5.74, 6) is 0.641. The van der Waals surface area contributed by atoms with Crippen LogP contribution in [0.3, 0.4) is 0 Å². The molecular formula is C11H16N2. The maximum Gasteiger partial charge on any atom is 0.00437 e. The number of nitrogens with one attached hydrogen (secondary N) is 1. The molecule has 0 amide bonds. The Morgan fingerprint density at radius 3 is 2.92 bits per heavy atom. The largest absolute Gasteiger partial charge is 0.367 e. The van der Waals surface area contributed by atoms with Gasteiger partial charge in [-0.1, -0.05) is 0 Å². The van der Waals surface area contributed by atoms with Crippen molar-refractivity contribution in [2.75, 3.05) is 6.54 Å². The van der Waals surface area contributed by atoms with Gasteiger partial charge in [-0.3, -0.25) is 0 Å². The van der Waals surface area contributed by atoms with Crippen molar-refractivity contribution in [3.63, 3.8) is 0 Å². The number of aryl methyl sites for hydroxylation is 1. The van der Waals surface area contributed by atoms with Crippen molar-refractivity contribution in [3.05, 3.63) is 23.5 Å². The summed E-state index contributed by atoms with van der Waals surface area (Å²) < 4.78 is 0. The van der Waals surface area contributed by atoms with Crippen LogP contribution in [0.4, 0.5) is 0 Å². The molecule has 2 aliphatic carbocycles. The summed E-state index contributed by atoms with van der Waals surface area (Å²) >= 11 is 0. The molecular weight excluding hydrogens is 160 g/mol. The zero-order valence-electron chi connectivity index (χ0n) is 7.84. The van der Waals surface area contributed by atoms with Gasteiger partial charge in [0.15, 0.2) is 0 Å². The zero-order chi connectivity index (χ0) is 8.89. The number of hydrogen-bond donors (Lipinski definition) is 2. The van der Waals surface area contributed by atoms with Gasteiger partial charge in [-0.05, 0) is 48.8 Å². The van der Waals surface area contributed by atoms with E-state index in [1.807, 2.05) is 0 Å². The van der Waals surface area contributed by atoms with Crippen LogP contribution in [0.5, 0.6) is 0 Å². The summed E-state index contributed by atoms with van der Waals surface area (Å²) in [6.45, 7) is 0.824. The molecule has 0 aliphatic heterocycles. The van der Waals surface area contributed by atoms with Gasteiger partial charge < -0.3 is 10.7 Å². The highest BCUT2D eigenvalue weighted by atomic mass is 14.7. The number of nitrogens with two attached hydrogens (primary N) is 1. The summed E-state index contributed by atoms with van der Waals surface area (Å²) in [6.07, 6.45) is 9.73. The Balaban J connectivity index is 2.04. The number of H-pyrrole nitrogens is 1. The highest BCUT2D eigenvalue weighted by molar-refractivity contribution is 5.35. The van der Waals surface area contributed by atoms with E-state index in [0.717, 1.165) is 6.54 Å². The number of aromatic nitrogens is 1. The Morgan fingerprint density at radius 2 is 2.23 bits per heavy atom. The third kappa shape index (κ3) is 0.923. The summed E-state index contributed by atoms with van der Waals surface area (Å²) in [6, 6.07) is 0. The van der Waals surface area contributed by atoms with E-state index in [2.05, 4.69) is 17.4 Å². The van der Waals surface area contributed by atoms with Crippen molar-refractivity contribution in [2.24, 2.45) is 11.1 Å². The molecule has 70 valence electrons. The molecule has 2 nitrogen and oxygen atoms in total. The molecule has 1 spiro atoms. The van der Waals surface area contributed by atoms with E-state index in [9.17, 15) is 0 Å². The molecule has 1 fully saturated rings. The quantitative estimate of drug-likeness (QED) is 0.673. The first-order chi connectivity index (χ1) is 6.36. The van der Waals surface area contributed by atoms with E-state index in [1.165, 1.54) is 36.8 Å². The fourth-order valence-electron chi connectivity index (χ4n) is 2.97. The first kappa shape index (κ1) is 7.63. The van der Waals surface area contributed by atoms with E-state index in [1.54, 1.807) is 0 Å². The molecule has 0 saturated heterocycles. The number of fused-ring (bicyclic) bond motifs is 1. The fraction of sp³-hybridized carbons (Fsp3) is 0.636. The molecule has 0 aromatic carbocycles. The minimum absolute atomic E-state index is 0.615. The number of aromatic amines is 1. The Bertz CT molecular complexity index is 323. The molecule has 1 aromatic rings. The molecule has 1 aromatic heterocycles. The molecule has 13 heavy (non-hydrogen) atoms. The van der Waals surface area contributed by atoms with Gasteiger partial charge in [0.1, 0.15) is 0 Å². The van der Waals surface area contributed by atoms with Crippen LogP contribution < -0.4 is 5.73 Å². The lowest BCUT2D eigenvalue weighted by Crippen LogP contribution is -2.27. The van der Waals surface area contributed by atoms with Gasteiger partial charge in [-0.15, -0.1) is 0 Å². The summed E-state index contributed by atoms with van der Waals surface area (Å²) in [5, 5.41) is 0. The van der Waals surface area contributed by atoms with Crippen LogP contribution in [0.2, 0.25) is 0 Å². The van der Waals surface area contributed by atoms with Gasteiger partial charge in [0.2, 0.25) is 0 Å². The molecule has 0 radical (unpaired) electrons. The molecule has 3 N–H and O–H groups in total. The van der Waals surface area contributed by atoms with Gasteiger partial charge in [-0.25, -0.2) is 0 Å². The second-order valence-corrected chi connectivity index (χ2v) is 4.59. The molecule has 2 aliphatic rings.